The molecule has 2 fully saturated rings. The lowest BCUT2D eigenvalue weighted by Crippen LogP contribution is -2.45. The SMILES string of the molecule is c1ccc(CCN2CCC(NC[C@@H]3CCCO3)CC2)cc1. The third-order valence-electron chi connectivity index (χ3n) is 4.81. The van der Waals surface area contributed by atoms with Crippen LogP contribution in [0.3, 0.4) is 0 Å². The topological polar surface area (TPSA) is 24.5 Å². The minimum absolute atomic E-state index is 0.473. The van der Waals surface area contributed by atoms with Gasteiger partial charge >= 0.3 is 0 Å². The highest BCUT2D eigenvalue weighted by Crippen LogP contribution is 2.14. The molecule has 0 aromatic heterocycles. The Hall–Kier alpha value is -0.900. The van der Waals surface area contributed by atoms with Gasteiger partial charge < -0.3 is 15.0 Å². The quantitative estimate of drug-likeness (QED) is 0.870. The highest BCUT2D eigenvalue weighted by atomic mass is 16.5. The number of rotatable bonds is 6. The van der Waals surface area contributed by atoms with E-state index in [1.807, 2.05) is 0 Å². The molecule has 3 heteroatoms. The lowest BCUT2D eigenvalue weighted by Gasteiger charge is -2.33. The van der Waals surface area contributed by atoms with Gasteiger partial charge in [-0.25, -0.2) is 0 Å². The van der Waals surface area contributed by atoms with Crippen molar-refractivity contribution in [3.05, 3.63) is 35.9 Å². The molecule has 1 atom stereocenters. The Morgan fingerprint density at radius 1 is 1.10 bits per heavy atom. The van der Waals surface area contributed by atoms with Crippen molar-refractivity contribution in [2.24, 2.45) is 0 Å². The molecule has 116 valence electrons. The summed E-state index contributed by atoms with van der Waals surface area (Å²) >= 11 is 0. The molecule has 1 aromatic rings. The summed E-state index contributed by atoms with van der Waals surface area (Å²) in [5, 5.41) is 3.71. The van der Waals surface area contributed by atoms with Gasteiger partial charge in [0, 0.05) is 25.7 Å². The van der Waals surface area contributed by atoms with Crippen LogP contribution in [0.5, 0.6) is 0 Å². The fraction of sp³-hybridized carbons (Fsp3) is 0.667. The Bertz CT molecular complexity index is 395. The zero-order valence-electron chi connectivity index (χ0n) is 13.0. The number of nitrogens with zero attached hydrogens (tertiary/aromatic N) is 1. The second kappa shape index (κ2) is 7.92. The van der Waals surface area contributed by atoms with Gasteiger partial charge in [-0.2, -0.15) is 0 Å². The molecular weight excluding hydrogens is 260 g/mol. The van der Waals surface area contributed by atoms with Gasteiger partial charge in [0.15, 0.2) is 0 Å². The third-order valence-corrected chi connectivity index (χ3v) is 4.81. The predicted molar refractivity (Wildman–Crippen MR) is 86.6 cm³/mol. The Morgan fingerprint density at radius 3 is 2.62 bits per heavy atom. The van der Waals surface area contributed by atoms with E-state index in [9.17, 15) is 0 Å². The van der Waals surface area contributed by atoms with Gasteiger partial charge in [0.05, 0.1) is 6.10 Å². The van der Waals surface area contributed by atoms with Crippen LogP contribution in [0, 0.1) is 0 Å². The normalized spacial score (nSPS) is 24.5. The van der Waals surface area contributed by atoms with Crippen molar-refractivity contribution in [2.75, 3.05) is 32.8 Å². The van der Waals surface area contributed by atoms with Crippen molar-refractivity contribution < 1.29 is 4.74 Å². The highest BCUT2D eigenvalue weighted by Gasteiger charge is 2.21. The minimum Gasteiger partial charge on any atom is -0.377 e. The van der Waals surface area contributed by atoms with Crippen LogP contribution in [0.2, 0.25) is 0 Å². The van der Waals surface area contributed by atoms with Gasteiger partial charge in [0.1, 0.15) is 0 Å². The summed E-state index contributed by atoms with van der Waals surface area (Å²) in [6.45, 7) is 5.67. The molecule has 1 aromatic carbocycles. The second-order valence-electron chi connectivity index (χ2n) is 6.39. The maximum Gasteiger partial charge on any atom is 0.0700 e. The van der Waals surface area contributed by atoms with E-state index in [2.05, 4.69) is 40.5 Å². The molecule has 0 saturated carbocycles. The van der Waals surface area contributed by atoms with Gasteiger partial charge in [-0.1, -0.05) is 30.3 Å². The molecule has 2 heterocycles. The molecule has 0 amide bonds. The number of hydrogen-bond acceptors (Lipinski definition) is 3. The molecule has 2 aliphatic rings. The van der Waals surface area contributed by atoms with E-state index in [1.54, 1.807) is 0 Å². The second-order valence-corrected chi connectivity index (χ2v) is 6.39. The predicted octanol–water partition coefficient (Wildman–Crippen LogP) is 2.46. The Kier molecular flexibility index (Phi) is 5.67. The number of likely N-dealkylation sites (tertiary alicyclic amines) is 1. The zero-order valence-corrected chi connectivity index (χ0v) is 13.0. The van der Waals surface area contributed by atoms with Crippen molar-refractivity contribution in [1.29, 1.82) is 0 Å². The van der Waals surface area contributed by atoms with E-state index in [1.165, 1.54) is 57.3 Å². The van der Waals surface area contributed by atoms with Crippen LogP contribution in [0.25, 0.3) is 0 Å². The van der Waals surface area contributed by atoms with E-state index in [-0.39, 0.29) is 0 Å². The lowest BCUT2D eigenvalue weighted by molar-refractivity contribution is 0.102. The van der Waals surface area contributed by atoms with E-state index in [0.29, 0.717) is 12.1 Å². The summed E-state index contributed by atoms with van der Waals surface area (Å²) in [6.07, 6.45) is 6.69. The van der Waals surface area contributed by atoms with Crippen molar-refractivity contribution >= 4 is 0 Å². The van der Waals surface area contributed by atoms with Gasteiger partial charge in [-0.15, -0.1) is 0 Å². The molecule has 0 radical (unpaired) electrons. The first-order chi connectivity index (χ1) is 10.4. The average Bonchev–Trinajstić information content (AvgIpc) is 3.06. The fourth-order valence-electron chi connectivity index (χ4n) is 3.40. The standard InChI is InChI=1S/C18H28N2O/c1-2-5-16(6-3-1)8-11-20-12-9-17(10-13-20)19-15-18-7-4-14-21-18/h1-3,5-6,17-19H,4,7-15H2/t18-/m0/s1. The Labute approximate surface area is 128 Å². The third kappa shape index (κ3) is 4.80. The van der Waals surface area contributed by atoms with Gasteiger partial charge in [0.2, 0.25) is 0 Å². The first-order valence-electron chi connectivity index (χ1n) is 8.51. The Morgan fingerprint density at radius 2 is 1.90 bits per heavy atom. The fourth-order valence-corrected chi connectivity index (χ4v) is 3.40. The number of piperidine rings is 1. The van der Waals surface area contributed by atoms with E-state index < -0.39 is 0 Å². The van der Waals surface area contributed by atoms with Crippen LogP contribution in [0.4, 0.5) is 0 Å². The summed E-state index contributed by atoms with van der Waals surface area (Å²) in [7, 11) is 0. The highest BCUT2D eigenvalue weighted by molar-refractivity contribution is 5.14. The minimum atomic E-state index is 0.473. The first-order valence-corrected chi connectivity index (χ1v) is 8.51. The molecule has 0 bridgehead atoms. The van der Waals surface area contributed by atoms with Crippen LogP contribution in [-0.2, 0) is 11.2 Å². The molecule has 0 spiro atoms. The molecule has 0 unspecified atom stereocenters. The van der Waals surface area contributed by atoms with Crippen LogP contribution in [0.1, 0.15) is 31.2 Å². The molecule has 1 N–H and O–H groups in total. The van der Waals surface area contributed by atoms with Gasteiger partial charge in [-0.3, -0.25) is 0 Å². The number of ether oxygens (including phenoxy) is 1. The van der Waals surface area contributed by atoms with Gasteiger partial charge in [-0.05, 0) is 50.8 Å². The average molecular weight is 288 g/mol. The summed E-state index contributed by atoms with van der Waals surface area (Å²) in [5.74, 6) is 0. The molecule has 0 aliphatic carbocycles. The number of hydrogen-bond donors (Lipinski definition) is 1. The Balaban J connectivity index is 1.31. The van der Waals surface area contributed by atoms with E-state index in [0.717, 1.165) is 13.2 Å². The molecule has 21 heavy (non-hydrogen) atoms. The van der Waals surface area contributed by atoms with Gasteiger partial charge in [0.25, 0.3) is 0 Å². The summed E-state index contributed by atoms with van der Waals surface area (Å²) in [5.41, 5.74) is 1.45. The monoisotopic (exact) mass is 288 g/mol. The van der Waals surface area contributed by atoms with E-state index >= 15 is 0 Å². The van der Waals surface area contributed by atoms with Crippen molar-refractivity contribution in [3.63, 3.8) is 0 Å². The lowest BCUT2D eigenvalue weighted by atomic mass is 10.0. The summed E-state index contributed by atoms with van der Waals surface area (Å²) in [6, 6.07) is 11.5. The maximum atomic E-state index is 5.68. The largest absolute Gasteiger partial charge is 0.377 e. The molecule has 2 saturated heterocycles. The number of benzene rings is 1. The maximum absolute atomic E-state index is 5.68. The first kappa shape index (κ1) is 15.0. The molecule has 3 nitrogen and oxygen atoms in total. The van der Waals surface area contributed by atoms with Crippen molar-refractivity contribution in [2.45, 2.75) is 44.2 Å². The van der Waals surface area contributed by atoms with E-state index in [4.69, 9.17) is 4.74 Å². The zero-order chi connectivity index (χ0) is 14.3. The number of nitrogens with one attached hydrogen (secondary N) is 1. The smallest absolute Gasteiger partial charge is 0.0700 e. The van der Waals surface area contributed by atoms with Crippen LogP contribution >= 0.6 is 0 Å². The van der Waals surface area contributed by atoms with Crippen LogP contribution in [0.15, 0.2) is 30.3 Å². The van der Waals surface area contributed by atoms with Crippen molar-refractivity contribution in [3.8, 4) is 0 Å². The van der Waals surface area contributed by atoms with Crippen LogP contribution < -0.4 is 5.32 Å². The molecule has 3 rings (SSSR count). The van der Waals surface area contributed by atoms with Crippen LogP contribution in [-0.4, -0.2) is 49.8 Å². The molecule has 2 aliphatic heterocycles. The summed E-state index contributed by atoms with van der Waals surface area (Å²) in [4.78, 5) is 2.61. The van der Waals surface area contributed by atoms with Crippen molar-refractivity contribution in [1.82, 2.24) is 10.2 Å². The summed E-state index contributed by atoms with van der Waals surface area (Å²) < 4.78 is 5.68. The molecular formula is C18H28N2O.